The van der Waals surface area contributed by atoms with Crippen LogP contribution in [0.4, 0.5) is 49.6 Å². The van der Waals surface area contributed by atoms with Crippen molar-refractivity contribution in [2.75, 3.05) is 41.4 Å². The molecule has 1 aromatic carbocycles. The number of benzene rings is 1. The SMILES string of the molecule is Cl.OC[C@H]1CCCN1c1nc2c(c(Nc3ccc(C(F)(F)F)cc3)n1)CCN(c1ncccc1C(F)(F)F)CC2. The van der Waals surface area contributed by atoms with E-state index in [-0.39, 0.29) is 50.4 Å². The molecule has 0 radical (unpaired) electrons. The molecule has 0 spiro atoms. The number of nitrogens with zero attached hydrogens (tertiary/aromatic N) is 5. The minimum atomic E-state index is -4.57. The summed E-state index contributed by atoms with van der Waals surface area (Å²) in [6.45, 7) is 0.974. The third kappa shape index (κ3) is 6.20. The van der Waals surface area contributed by atoms with Crippen LogP contribution in [0, 0.1) is 0 Å². The van der Waals surface area contributed by atoms with Gasteiger partial charge in [-0.05, 0) is 55.7 Å². The Bertz CT molecular complexity index is 1320. The highest BCUT2D eigenvalue weighted by atomic mass is 35.5. The molecule has 3 aromatic rings. The second-order valence-corrected chi connectivity index (χ2v) is 9.53. The van der Waals surface area contributed by atoms with Crippen LogP contribution in [0.2, 0.25) is 0 Å². The fraction of sp³-hybridized carbons (Fsp3) is 0.423. The van der Waals surface area contributed by atoms with Crippen molar-refractivity contribution in [1.82, 2.24) is 15.0 Å². The van der Waals surface area contributed by atoms with Crippen molar-refractivity contribution in [1.29, 1.82) is 0 Å². The first-order valence-corrected chi connectivity index (χ1v) is 12.5. The van der Waals surface area contributed by atoms with Gasteiger partial charge >= 0.3 is 12.4 Å². The van der Waals surface area contributed by atoms with Gasteiger partial charge in [-0.3, -0.25) is 0 Å². The second-order valence-electron chi connectivity index (χ2n) is 9.53. The Kier molecular flexibility index (Phi) is 8.64. The van der Waals surface area contributed by atoms with Crippen molar-refractivity contribution >= 4 is 35.7 Å². The summed E-state index contributed by atoms with van der Waals surface area (Å²) in [5.74, 6) is 0.572. The topological polar surface area (TPSA) is 77.4 Å². The zero-order chi connectivity index (χ0) is 27.8. The van der Waals surface area contributed by atoms with E-state index in [1.807, 2.05) is 4.90 Å². The molecule has 0 saturated carbocycles. The molecule has 1 saturated heterocycles. The number of fused-ring (bicyclic) bond motifs is 1. The van der Waals surface area contributed by atoms with Crippen LogP contribution >= 0.6 is 12.4 Å². The van der Waals surface area contributed by atoms with Crippen LogP contribution in [0.1, 0.15) is 35.2 Å². The van der Waals surface area contributed by atoms with Gasteiger partial charge in [-0.15, -0.1) is 12.4 Å². The van der Waals surface area contributed by atoms with Crippen LogP contribution in [-0.4, -0.2) is 52.3 Å². The van der Waals surface area contributed by atoms with Crippen molar-refractivity contribution in [3.05, 3.63) is 65.0 Å². The Labute approximate surface area is 232 Å². The second kappa shape index (κ2) is 11.7. The maximum Gasteiger partial charge on any atom is 0.419 e. The molecule has 0 bridgehead atoms. The lowest BCUT2D eigenvalue weighted by Crippen LogP contribution is -2.34. The Balaban J connectivity index is 0.00000370. The van der Waals surface area contributed by atoms with Crippen molar-refractivity contribution in [3.63, 3.8) is 0 Å². The van der Waals surface area contributed by atoms with Gasteiger partial charge in [0.2, 0.25) is 5.95 Å². The summed E-state index contributed by atoms with van der Waals surface area (Å²) in [6.07, 6.45) is -5.54. The first kappa shape index (κ1) is 29.7. The maximum atomic E-state index is 13.7. The molecule has 5 rings (SSSR count). The van der Waals surface area contributed by atoms with Gasteiger partial charge in [0.1, 0.15) is 11.6 Å². The highest BCUT2D eigenvalue weighted by Crippen LogP contribution is 2.37. The Morgan fingerprint density at radius 3 is 2.33 bits per heavy atom. The molecule has 0 amide bonds. The number of rotatable bonds is 5. The molecule has 2 N–H and O–H groups in total. The van der Waals surface area contributed by atoms with Gasteiger partial charge in [-0.25, -0.2) is 9.97 Å². The molecule has 0 aliphatic carbocycles. The molecule has 0 unspecified atom stereocenters. The average molecular weight is 589 g/mol. The predicted molar refractivity (Wildman–Crippen MR) is 140 cm³/mol. The lowest BCUT2D eigenvalue weighted by Gasteiger charge is -2.25. The number of hydrogen-bond donors (Lipinski definition) is 2. The number of hydrogen-bond acceptors (Lipinski definition) is 7. The van der Waals surface area contributed by atoms with E-state index in [4.69, 9.17) is 4.98 Å². The van der Waals surface area contributed by atoms with Gasteiger partial charge in [0.05, 0.1) is 29.5 Å². The number of halogens is 7. The van der Waals surface area contributed by atoms with Gasteiger partial charge in [0.25, 0.3) is 0 Å². The summed E-state index contributed by atoms with van der Waals surface area (Å²) in [6, 6.07) is 6.60. The van der Waals surface area contributed by atoms with Gasteiger partial charge in [0, 0.05) is 43.5 Å². The van der Waals surface area contributed by atoms with E-state index >= 15 is 0 Å². The van der Waals surface area contributed by atoms with E-state index in [9.17, 15) is 31.4 Å². The highest BCUT2D eigenvalue weighted by molar-refractivity contribution is 5.85. The van der Waals surface area contributed by atoms with E-state index in [0.717, 1.165) is 31.0 Å². The van der Waals surface area contributed by atoms with Crippen molar-refractivity contribution < 1.29 is 31.4 Å². The van der Waals surface area contributed by atoms with Crippen molar-refractivity contribution in [3.8, 4) is 0 Å². The fourth-order valence-corrected chi connectivity index (χ4v) is 5.07. The summed E-state index contributed by atoms with van der Waals surface area (Å²) in [4.78, 5) is 16.9. The molecule has 7 nitrogen and oxygen atoms in total. The standard InChI is InChI=1S/C26H26F6N6O.ClH/c27-25(28,29)16-5-7-17(8-6-16)34-22-19-9-13-37(23-20(26(30,31)32)4-1-11-33-23)14-10-21(19)35-24(36-22)38-12-2-3-18(38)15-39;/h1,4-8,11,18,39H,2-3,9-10,12-15H2,(H,34,35,36);1H/t18-;/m1./s1. The van der Waals surface area contributed by atoms with E-state index in [1.165, 1.54) is 24.4 Å². The summed E-state index contributed by atoms with van der Waals surface area (Å²) in [5, 5.41) is 12.9. The average Bonchev–Trinajstić information content (AvgIpc) is 3.27. The molecular formula is C26H27ClF6N6O. The number of aromatic nitrogens is 3. The Morgan fingerprint density at radius 1 is 0.925 bits per heavy atom. The molecule has 2 aliphatic rings. The molecule has 1 fully saturated rings. The first-order valence-electron chi connectivity index (χ1n) is 12.5. The minimum Gasteiger partial charge on any atom is -0.394 e. The molecule has 1 atom stereocenters. The summed E-state index contributed by atoms with van der Waals surface area (Å²) < 4.78 is 80.2. The molecular weight excluding hydrogens is 562 g/mol. The van der Waals surface area contributed by atoms with Crippen LogP contribution in [0.5, 0.6) is 0 Å². The highest BCUT2D eigenvalue weighted by Gasteiger charge is 2.36. The minimum absolute atomic E-state index is 0. The largest absolute Gasteiger partial charge is 0.419 e. The van der Waals surface area contributed by atoms with Crippen LogP contribution in [0.15, 0.2) is 42.6 Å². The zero-order valence-corrected chi connectivity index (χ0v) is 22.0. The summed E-state index contributed by atoms with van der Waals surface area (Å²) >= 11 is 0. The normalized spacial score (nSPS) is 17.7. The number of anilines is 4. The number of pyridine rings is 1. The van der Waals surface area contributed by atoms with E-state index in [2.05, 4.69) is 15.3 Å². The van der Waals surface area contributed by atoms with Crippen molar-refractivity contribution in [2.45, 2.75) is 44.1 Å². The summed E-state index contributed by atoms with van der Waals surface area (Å²) in [7, 11) is 0. The number of nitrogens with one attached hydrogen (secondary N) is 1. The predicted octanol–water partition coefficient (Wildman–Crippen LogP) is 5.64. The van der Waals surface area contributed by atoms with Gasteiger partial charge in [0.15, 0.2) is 0 Å². The Hall–Kier alpha value is -3.32. The zero-order valence-electron chi connectivity index (χ0n) is 21.1. The molecule has 2 aromatic heterocycles. The Morgan fingerprint density at radius 2 is 1.65 bits per heavy atom. The van der Waals surface area contributed by atoms with Crippen LogP contribution < -0.4 is 15.1 Å². The van der Waals surface area contributed by atoms with Gasteiger partial charge in [-0.1, -0.05) is 0 Å². The first-order chi connectivity index (χ1) is 18.5. The number of aliphatic hydroxyl groups is 1. The van der Waals surface area contributed by atoms with Gasteiger partial charge < -0.3 is 20.2 Å². The van der Waals surface area contributed by atoms with Crippen LogP contribution in [-0.2, 0) is 25.2 Å². The van der Waals surface area contributed by atoms with E-state index in [1.54, 1.807) is 4.90 Å². The molecule has 40 heavy (non-hydrogen) atoms. The van der Waals surface area contributed by atoms with E-state index < -0.39 is 23.5 Å². The van der Waals surface area contributed by atoms with Crippen LogP contribution in [0.25, 0.3) is 0 Å². The van der Waals surface area contributed by atoms with Crippen molar-refractivity contribution in [2.24, 2.45) is 0 Å². The maximum absolute atomic E-state index is 13.7. The third-order valence-electron chi connectivity index (χ3n) is 7.04. The monoisotopic (exact) mass is 588 g/mol. The molecule has 4 heterocycles. The lowest BCUT2D eigenvalue weighted by atomic mass is 10.1. The number of alkyl halides is 6. The number of aliphatic hydroxyl groups excluding tert-OH is 1. The molecule has 216 valence electrons. The molecule has 2 aliphatic heterocycles. The quantitative estimate of drug-likeness (QED) is 0.374. The van der Waals surface area contributed by atoms with Crippen LogP contribution in [0.3, 0.4) is 0 Å². The van der Waals surface area contributed by atoms with Gasteiger partial charge in [-0.2, -0.15) is 31.3 Å². The molecule has 14 heteroatoms. The lowest BCUT2D eigenvalue weighted by molar-refractivity contribution is -0.138. The fourth-order valence-electron chi connectivity index (χ4n) is 5.07. The van der Waals surface area contributed by atoms with E-state index in [0.29, 0.717) is 41.7 Å². The summed E-state index contributed by atoms with van der Waals surface area (Å²) in [5.41, 5.74) is 0.0637. The third-order valence-corrected chi connectivity index (χ3v) is 7.04. The smallest absolute Gasteiger partial charge is 0.394 e.